The average molecular weight is 385 g/mol. The van der Waals surface area contributed by atoms with E-state index in [-0.39, 0.29) is 0 Å². The van der Waals surface area contributed by atoms with Gasteiger partial charge >= 0.3 is 0 Å². The first-order valence-electron chi connectivity index (χ1n) is 6.04. The molecule has 19 heavy (non-hydrogen) atoms. The summed E-state index contributed by atoms with van der Waals surface area (Å²) < 4.78 is 7.81. The quantitative estimate of drug-likeness (QED) is 0.731. The summed E-state index contributed by atoms with van der Waals surface area (Å²) in [4.78, 5) is 0. The van der Waals surface area contributed by atoms with Crippen LogP contribution in [0.4, 0.5) is 5.69 Å². The van der Waals surface area contributed by atoms with Crippen molar-refractivity contribution in [1.29, 1.82) is 0 Å². The van der Waals surface area contributed by atoms with Crippen LogP contribution in [0.5, 0.6) is 5.75 Å². The van der Waals surface area contributed by atoms with E-state index >= 15 is 0 Å². The summed E-state index contributed by atoms with van der Waals surface area (Å²) in [7, 11) is 0. The molecule has 0 unspecified atom stereocenters. The van der Waals surface area contributed by atoms with Gasteiger partial charge in [-0.2, -0.15) is 0 Å². The normalized spacial score (nSPS) is 10.3. The number of ether oxygens (including phenoxy) is 1. The Kier molecular flexibility index (Phi) is 5.28. The topological polar surface area (TPSA) is 21.3 Å². The lowest BCUT2D eigenvalue weighted by molar-refractivity contribution is 0.332. The molecule has 4 heteroatoms. The van der Waals surface area contributed by atoms with Gasteiger partial charge in [-0.05, 0) is 52.7 Å². The molecular formula is C15H15Br2NO. The zero-order valence-corrected chi connectivity index (χ0v) is 13.8. The van der Waals surface area contributed by atoms with E-state index in [1.54, 1.807) is 0 Å². The number of halogens is 2. The molecule has 100 valence electrons. The summed E-state index contributed by atoms with van der Waals surface area (Å²) >= 11 is 7.00. The third-order valence-electron chi connectivity index (χ3n) is 2.67. The van der Waals surface area contributed by atoms with Gasteiger partial charge in [-0.3, -0.25) is 0 Å². The second kappa shape index (κ2) is 6.96. The zero-order valence-electron chi connectivity index (χ0n) is 10.6. The first-order chi connectivity index (χ1) is 9.16. The van der Waals surface area contributed by atoms with Crippen LogP contribution >= 0.6 is 31.9 Å². The molecule has 0 saturated carbocycles. The van der Waals surface area contributed by atoms with Crippen molar-refractivity contribution in [3.63, 3.8) is 0 Å². The Morgan fingerprint density at radius 2 is 1.89 bits per heavy atom. The molecule has 2 aromatic rings. The molecule has 0 amide bonds. The van der Waals surface area contributed by atoms with Gasteiger partial charge in [0.2, 0.25) is 0 Å². The third kappa shape index (κ3) is 4.25. The Balaban J connectivity index is 1.82. The summed E-state index contributed by atoms with van der Waals surface area (Å²) in [6, 6.07) is 14.0. The van der Waals surface area contributed by atoms with Crippen molar-refractivity contribution < 1.29 is 4.74 Å². The maximum Gasteiger partial charge on any atom is 0.120 e. The van der Waals surface area contributed by atoms with Gasteiger partial charge in [0.15, 0.2) is 0 Å². The molecule has 0 bridgehead atoms. The number of aryl methyl sites for hydroxylation is 1. The molecule has 2 rings (SSSR count). The van der Waals surface area contributed by atoms with E-state index in [0.29, 0.717) is 6.61 Å². The Hall–Kier alpha value is -1.000. The first kappa shape index (κ1) is 14.4. The second-order valence-corrected chi connectivity index (χ2v) is 5.88. The molecular weight excluding hydrogens is 370 g/mol. The predicted octanol–water partition coefficient (Wildman–Crippen LogP) is 5.01. The highest BCUT2D eigenvalue weighted by Crippen LogP contribution is 2.25. The standard InChI is InChI=1S/C15H15Br2NO/c1-11-4-2-7-14(15(11)17)18-8-9-19-13-6-3-5-12(16)10-13/h2-7,10,18H,8-9H2,1H3. The highest BCUT2D eigenvalue weighted by Gasteiger charge is 2.01. The van der Waals surface area contributed by atoms with E-state index < -0.39 is 0 Å². The third-order valence-corrected chi connectivity index (χ3v) is 4.22. The van der Waals surface area contributed by atoms with Crippen LogP contribution in [0.25, 0.3) is 0 Å². The van der Waals surface area contributed by atoms with Crippen LogP contribution in [0.15, 0.2) is 51.4 Å². The fourth-order valence-electron chi connectivity index (χ4n) is 1.70. The SMILES string of the molecule is Cc1cccc(NCCOc2cccc(Br)c2)c1Br. The molecule has 0 aliphatic heterocycles. The highest BCUT2D eigenvalue weighted by molar-refractivity contribution is 9.11. The molecule has 0 spiro atoms. The molecule has 0 radical (unpaired) electrons. The molecule has 0 aromatic heterocycles. The van der Waals surface area contributed by atoms with Crippen molar-refractivity contribution in [3.8, 4) is 5.75 Å². The van der Waals surface area contributed by atoms with Crippen LogP contribution in [0.1, 0.15) is 5.56 Å². The van der Waals surface area contributed by atoms with Crippen molar-refractivity contribution in [2.24, 2.45) is 0 Å². The van der Waals surface area contributed by atoms with E-state index in [9.17, 15) is 0 Å². The molecule has 0 saturated heterocycles. The van der Waals surface area contributed by atoms with Gasteiger partial charge in [0.25, 0.3) is 0 Å². The smallest absolute Gasteiger partial charge is 0.120 e. The fourth-order valence-corrected chi connectivity index (χ4v) is 2.48. The minimum atomic E-state index is 0.622. The van der Waals surface area contributed by atoms with Gasteiger partial charge in [0, 0.05) is 21.2 Å². The lowest BCUT2D eigenvalue weighted by Crippen LogP contribution is -2.11. The van der Waals surface area contributed by atoms with Crippen molar-refractivity contribution in [2.75, 3.05) is 18.5 Å². The van der Waals surface area contributed by atoms with Gasteiger partial charge in [-0.1, -0.05) is 34.1 Å². The van der Waals surface area contributed by atoms with Crippen LogP contribution in [-0.2, 0) is 0 Å². The van der Waals surface area contributed by atoms with Crippen LogP contribution in [-0.4, -0.2) is 13.2 Å². The van der Waals surface area contributed by atoms with Crippen molar-refractivity contribution in [3.05, 3.63) is 57.0 Å². The largest absolute Gasteiger partial charge is 0.492 e. The van der Waals surface area contributed by atoms with Crippen LogP contribution in [0, 0.1) is 6.92 Å². The lowest BCUT2D eigenvalue weighted by atomic mass is 10.2. The Morgan fingerprint density at radius 1 is 1.11 bits per heavy atom. The van der Waals surface area contributed by atoms with E-state index in [4.69, 9.17) is 4.74 Å². The summed E-state index contributed by atoms with van der Waals surface area (Å²) in [5.41, 5.74) is 2.32. The van der Waals surface area contributed by atoms with Gasteiger partial charge in [-0.25, -0.2) is 0 Å². The maximum absolute atomic E-state index is 5.67. The number of hydrogen-bond acceptors (Lipinski definition) is 2. The van der Waals surface area contributed by atoms with Crippen LogP contribution < -0.4 is 10.1 Å². The summed E-state index contributed by atoms with van der Waals surface area (Å²) in [5, 5.41) is 3.36. The highest BCUT2D eigenvalue weighted by atomic mass is 79.9. The molecule has 0 heterocycles. The van der Waals surface area contributed by atoms with E-state index in [1.807, 2.05) is 30.3 Å². The minimum absolute atomic E-state index is 0.622. The fraction of sp³-hybridized carbons (Fsp3) is 0.200. The zero-order chi connectivity index (χ0) is 13.7. The molecule has 2 aromatic carbocycles. The number of anilines is 1. The number of benzene rings is 2. The number of rotatable bonds is 5. The summed E-state index contributed by atoms with van der Waals surface area (Å²) in [6.45, 7) is 3.46. The van der Waals surface area contributed by atoms with Crippen molar-refractivity contribution in [2.45, 2.75) is 6.92 Å². The predicted molar refractivity (Wildman–Crippen MR) is 87.0 cm³/mol. The van der Waals surface area contributed by atoms with Gasteiger partial charge in [-0.15, -0.1) is 0 Å². The Labute approximate surface area is 130 Å². The Bertz CT molecular complexity index is 558. The van der Waals surface area contributed by atoms with E-state index in [1.165, 1.54) is 5.56 Å². The average Bonchev–Trinajstić information content (AvgIpc) is 2.39. The summed E-state index contributed by atoms with van der Waals surface area (Å²) in [5.74, 6) is 0.875. The van der Waals surface area contributed by atoms with Crippen LogP contribution in [0.3, 0.4) is 0 Å². The van der Waals surface area contributed by atoms with Crippen molar-refractivity contribution in [1.82, 2.24) is 0 Å². The first-order valence-corrected chi connectivity index (χ1v) is 7.63. The van der Waals surface area contributed by atoms with Gasteiger partial charge in [0.05, 0.1) is 0 Å². The Morgan fingerprint density at radius 3 is 2.68 bits per heavy atom. The monoisotopic (exact) mass is 383 g/mol. The van der Waals surface area contributed by atoms with Gasteiger partial charge < -0.3 is 10.1 Å². The number of hydrogen-bond donors (Lipinski definition) is 1. The molecule has 0 aliphatic carbocycles. The number of nitrogens with one attached hydrogen (secondary N) is 1. The molecule has 0 aliphatic rings. The summed E-state index contributed by atoms with van der Waals surface area (Å²) in [6.07, 6.45) is 0. The van der Waals surface area contributed by atoms with Crippen molar-refractivity contribution >= 4 is 37.5 Å². The van der Waals surface area contributed by atoms with E-state index in [0.717, 1.165) is 26.9 Å². The van der Waals surface area contributed by atoms with E-state index in [2.05, 4.69) is 56.2 Å². The molecule has 1 N–H and O–H groups in total. The lowest BCUT2D eigenvalue weighted by Gasteiger charge is -2.11. The molecule has 0 fully saturated rings. The van der Waals surface area contributed by atoms with Gasteiger partial charge in [0.1, 0.15) is 12.4 Å². The maximum atomic E-state index is 5.67. The minimum Gasteiger partial charge on any atom is -0.492 e. The second-order valence-electron chi connectivity index (χ2n) is 4.17. The molecule has 2 nitrogen and oxygen atoms in total. The molecule has 0 atom stereocenters. The van der Waals surface area contributed by atoms with Crippen LogP contribution in [0.2, 0.25) is 0 Å².